The highest BCUT2D eigenvalue weighted by Gasteiger charge is 2.49. The van der Waals surface area contributed by atoms with Crippen LogP contribution in [0, 0.1) is 29.6 Å². The molecule has 2 saturated heterocycles. The molecule has 12 atom stereocenters. The van der Waals surface area contributed by atoms with Gasteiger partial charge in [0.1, 0.15) is 42.3 Å². The van der Waals surface area contributed by atoms with E-state index in [9.17, 15) is 38.7 Å². The molecular weight excluding hydrogens is 1020 g/mol. The lowest BCUT2D eigenvalue weighted by Crippen LogP contribution is -2.63. The van der Waals surface area contributed by atoms with Gasteiger partial charge in [0.15, 0.2) is 12.1 Å². The third-order valence-electron chi connectivity index (χ3n) is 16.4. The van der Waals surface area contributed by atoms with Crippen LogP contribution in [0.2, 0.25) is 0 Å². The van der Waals surface area contributed by atoms with Crippen LogP contribution in [-0.2, 0) is 60.7 Å². The highest BCUT2D eigenvalue weighted by Crippen LogP contribution is 2.28. The van der Waals surface area contributed by atoms with E-state index in [0.717, 1.165) is 10.5 Å². The molecule has 0 radical (unpaired) electrons. The summed E-state index contributed by atoms with van der Waals surface area (Å²) in [7, 11) is 5.70. The Labute approximate surface area is 475 Å². The number of rotatable bonds is 14. The van der Waals surface area contributed by atoms with Crippen LogP contribution >= 0.6 is 0 Å². The highest BCUT2D eigenvalue weighted by molar-refractivity contribution is 5.99. The molecule has 2 heterocycles. The third-order valence-corrected chi connectivity index (χ3v) is 16.4. The van der Waals surface area contributed by atoms with E-state index in [1.54, 1.807) is 60.6 Å². The molecule has 444 valence electrons. The molecule has 2 aliphatic heterocycles. The average Bonchev–Trinajstić information content (AvgIpc) is 4.01. The number of ether oxygens (including phenoxy) is 1. The molecule has 2 fully saturated rings. The summed E-state index contributed by atoms with van der Waals surface area (Å²) in [6.45, 7) is 21.1. The third kappa shape index (κ3) is 16.2. The number of likely N-dealkylation sites (N-methyl/N-ethyl adjacent to an activating group) is 4. The van der Waals surface area contributed by atoms with Gasteiger partial charge in [0.25, 0.3) is 5.91 Å². The van der Waals surface area contributed by atoms with Gasteiger partial charge in [0.2, 0.25) is 41.4 Å². The van der Waals surface area contributed by atoms with Crippen LogP contribution in [0.15, 0.2) is 60.7 Å². The Hall–Kier alpha value is -6.37. The van der Waals surface area contributed by atoms with Gasteiger partial charge in [-0.25, -0.2) is 4.79 Å². The quantitative estimate of drug-likeness (QED) is 0.188. The normalized spacial score (nSPS) is 26.9. The van der Waals surface area contributed by atoms with Gasteiger partial charge >= 0.3 is 5.97 Å². The van der Waals surface area contributed by atoms with Crippen molar-refractivity contribution >= 4 is 53.2 Å². The molecule has 2 aromatic rings. The van der Waals surface area contributed by atoms with Gasteiger partial charge in [-0.05, 0) is 73.8 Å². The predicted octanol–water partition coefficient (Wildman–Crippen LogP) is 4.76. The first kappa shape index (κ1) is 66.1. The van der Waals surface area contributed by atoms with Crippen LogP contribution in [0.25, 0.3) is 0 Å². The zero-order valence-corrected chi connectivity index (χ0v) is 50.5. The van der Waals surface area contributed by atoms with Crippen molar-refractivity contribution in [2.24, 2.45) is 29.6 Å². The minimum atomic E-state index is -1.93. The summed E-state index contributed by atoms with van der Waals surface area (Å²) in [6.07, 6.45) is 0.0622. The largest absolute Gasteiger partial charge is 0.450 e. The number of esters is 1. The Kier molecular flexibility index (Phi) is 24.3. The number of benzene rings is 2. The molecule has 19 heteroatoms. The predicted molar refractivity (Wildman–Crippen MR) is 306 cm³/mol. The van der Waals surface area contributed by atoms with E-state index >= 15 is 9.59 Å². The lowest BCUT2D eigenvalue weighted by molar-refractivity contribution is -0.178. The van der Waals surface area contributed by atoms with Gasteiger partial charge < -0.3 is 50.3 Å². The lowest BCUT2D eigenvalue weighted by Gasteiger charge is -2.40. The van der Waals surface area contributed by atoms with Gasteiger partial charge in [-0.15, -0.1) is 0 Å². The summed E-state index contributed by atoms with van der Waals surface area (Å²) in [5, 5.41) is 20.8. The molecule has 0 bridgehead atoms. The van der Waals surface area contributed by atoms with Crippen LogP contribution in [0.4, 0.5) is 0 Å². The van der Waals surface area contributed by atoms with Gasteiger partial charge in [-0.3, -0.25) is 38.4 Å². The van der Waals surface area contributed by atoms with Crippen molar-refractivity contribution in [1.82, 2.24) is 40.4 Å². The Balaban J connectivity index is 1.99. The van der Waals surface area contributed by atoms with E-state index in [4.69, 9.17) is 4.74 Å². The van der Waals surface area contributed by atoms with Gasteiger partial charge in [0.05, 0.1) is 5.60 Å². The van der Waals surface area contributed by atoms with Crippen LogP contribution < -0.4 is 16.0 Å². The molecular formula is C61H94N8O11. The number of carbonyl (C=O) groups excluding carboxylic acids is 9. The van der Waals surface area contributed by atoms with Crippen molar-refractivity contribution in [1.29, 1.82) is 0 Å². The Morgan fingerprint density at radius 2 is 1.07 bits per heavy atom. The minimum Gasteiger partial charge on any atom is -0.450 e. The number of nitrogens with one attached hydrogen (secondary N) is 3. The molecule has 4 rings (SSSR count). The Bertz CT molecular complexity index is 2450. The zero-order chi connectivity index (χ0) is 60.1. The highest BCUT2D eigenvalue weighted by atomic mass is 16.6. The van der Waals surface area contributed by atoms with E-state index in [1.807, 2.05) is 76.2 Å². The molecule has 2 aliphatic rings. The van der Waals surface area contributed by atoms with E-state index in [1.165, 1.54) is 54.7 Å². The summed E-state index contributed by atoms with van der Waals surface area (Å²) in [5.74, 6) is -8.61. The van der Waals surface area contributed by atoms with Crippen molar-refractivity contribution < 1.29 is 53.0 Å². The summed E-state index contributed by atoms with van der Waals surface area (Å²) >= 11 is 0. The zero-order valence-electron chi connectivity index (χ0n) is 50.5. The maximum Gasteiger partial charge on any atom is 0.332 e. The second kappa shape index (κ2) is 29.4. The van der Waals surface area contributed by atoms with Gasteiger partial charge in [0, 0.05) is 53.5 Å². The first-order valence-electron chi connectivity index (χ1n) is 28.8. The fourth-order valence-electron chi connectivity index (χ4n) is 11.1. The van der Waals surface area contributed by atoms with Crippen molar-refractivity contribution in [2.75, 3.05) is 34.7 Å². The van der Waals surface area contributed by atoms with Crippen LogP contribution in [0.5, 0.6) is 0 Å². The first-order valence-corrected chi connectivity index (χ1v) is 28.8. The molecule has 80 heavy (non-hydrogen) atoms. The van der Waals surface area contributed by atoms with Crippen LogP contribution in [-0.4, -0.2) is 178 Å². The van der Waals surface area contributed by atoms with Gasteiger partial charge in [-0.2, -0.15) is 0 Å². The minimum absolute atomic E-state index is 0.00635. The van der Waals surface area contributed by atoms with Crippen molar-refractivity contribution in [2.45, 2.75) is 194 Å². The Morgan fingerprint density at radius 3 is 1.56 bits per heavy atom. The van der Waals surface area contributed by atoms with Gasteiger partial charge in [-0.1, -0.05) is 143 Å². The number of hydrogen-bond donors (Lipinski definition) is 4. The fourth-order valence-corrected chi connectivity index (χ4v) is 11.1. The van der Waals surface area contributed by atoms with Crippen molar-refractivity contribution in [3.05, 3.63) is 71.8 Å². The molecule has 4 N–H and O–H groups in total. The van der Waals surface area contributed by atoms with E-state index in [2.05, 4.69) is 16.0 Å². The number of aliphatic hydroxyl groups is 1. The average molecular weight is 1120 g/mol. The van der Waals surface area contributed by atoms with E-state index in [-0.39, 0.29) is 44.6 Å². The smallest absolute Gasteiger partial charge is 0.332 e. The monoisotopic (exact) mass is 1110 g/mol. The number of cyclic esters (lactones) is 1. The number of fused-ring (bicyclic) bond motifs is 1. The standard InChI is InChI=1S/C61H94N8O11/c1-17-39(10)47-58(76)66(14)48(37(6)7)53(71)62-43(33-36(4)5)56(74)68(16)51(61(12,79)19-3)60(78)80-50(40(11)18-2)59(77)67(15)49(38(8)9)54(72)63-44(34-41-27-22-20-23-28-41)55(73)65(13)46(35-42-29-24-21-25-30-42)57(75)69-32-26-31-45(69)52(70)64-47/h20-25,27-30,36-40,43-51,79H,17-19,26,31-35H2,1-16H3,(H,62,71)(H,63,72)(H,64,70)/t39-,40-,43-,44-,45?,46-,47-,48-,49-,50+,51-,61+/m0/s1. The van der Waals surface area contributed by atoms with Crippen LogP contribution in [0.3, 0.4) is 0 Å². The first-order chi connectivity index (χ1) is 37.5. The lowest BCUT2D eigenvalue weighted by atomic mass is 9.90. The summed E-state index contributed by atoms with van der Waals surface area (Å²) in [4.78, 5) is 141. The number of carbonyl (C=O) groups is 9. The molecule has 0 saturated carbocycles. The van der Waals surface area contributed by atoms with E-state index in [0.29, 0.717) is 24.8 Å². The second-order valence-electron chi connectivity index (χ2n) is 23.7. The number of nitrogens with zero attached hydrogens (tertiary/aromatic N) is 5. The maximum atomic E-state index is 15.3. The summed E-state index contributed by atoms with van der Waals surface area (Å²) in [5.41, 5.74) is -0.508. The Morgan fingerprint density at radius 1 is 0.588 bits per heavy atom. The summed E-state index contributed by atoms with van der Waals surface area (Å²) in [6, 6.07) is 8.14. The SMILES string of the molecule is CC[C@H](C)[C@@H]1NC(=O)C2CCCN2C(=O)[C@H](Cc2ccccc2)N(C)C(=O)[C@H](Cc2ccccc2)NC(=O)[C@H](C(C)C)N(C)C(=O)[C@@H]([C@@H](C)CC)OC(=O)[C@@H]([C@](C)(O)CC)N(C)C(=O)[C@H](CC(C)C)NC(=O)[C@H](C(C)C)N(C)C1=O. The molecule has 0 spiro atoms. The molecule has 1 unspecified atom stereocenters. The fraction of sp³-hybridized carbons (Fsp3) is 0.656. The maximum absolute atomic E-state index is 15.3. The van der Waals surface area contributed by atoms with Crippen molar-refractivity contribution in [3.8, 4) is 0 Å². The number of amides is 8. The van der Waals surface area contributed by atoms with Crippen LogP contribution in [0.1, 0.15) is 133 Å². The molecule has 0 aromatic heterocycles. The molecule has 0 aliphatic carbocycles. The topological polar surface area (TPSA) is 235 Å². The molecule has 8 amide bonds. The second-order valence-corrected chi connectivity index (χ2v) is 23.7. The van der Waals surface area contributed by atoms with E-state index < -0.39 is 137 Å². The summed E-state index contributed by atoms with van der Waals surface area (Å²) < 4.78 is 6.15. The number of hydrogen-bond acceptors (Lipinski definition) is 11. The molecule has 2 aromatic carbocycles. The molecule has 19 nitrogen and oxygen atoms in total. The van der Waals surface area contributed by atoms with Crippen molar-refractivity contribution in [3.63, 3.8) is 0 Å².